The molecule has 3 aliphatic heterocycles. The fourth-order valence-corrected chi connectivity index (χ4v) is 16.3. The van der Waals surface area contributed by atoms with Crippen molar-refractivity contribution in [3.05, 3.63) is 199 Å². The monoisotopic (exact) mass is 977 g/mol. The summed E-state index contributed by atoms with van der Waals surface area (Å²) in [5.41, 5.74) is 20.7. The molecule has 2 unspecified atom stereocenters. The van der Waals surface area contributed by atoms with Crippen molar-refractivity contribution in [2.24, 2.45) is 0 Å². The largest absolute Gasteiger partial charge is 0.334 e. The zero-order valence-corrected chi connectivity index (χ0v) is 44.0. The molecule has 0 saturated heterocycles. The Labute approximate surface area is 437 Å². The Morgan fingerprint density at radius 3 is 1.93 bits per heavy atom. The third-order valence-electron chi connectivity index (χ3n) is 17.8. The van der Waals surface area contributed by atoms with E-state index in [1.54, 1.807) is 0 Å². The molecule has 2 aromatic heterocycles. The van der Waals surface area contributed by atoms with Crippen molar-refractivity contribution in [1.82, 2.24) is 0 Å². The predicted octanol–water partition coefficient (Wildman–Crippen LogP) is 17.5. The molecule has 2 atom stereocenters. The Kier molecular flexibility index (Phi) is 9.20. The molecule has 5 heterocycles. The quantitative estimate of drug-likeness (QED) is 0.163. The highest BCUT2D eigenvalue weighted by atomic mass is 32.1. The van der Waals surface area contributed by atoms with Crippen LogP contribution in [-0.4, -0.2) is 12.3 Å². The molecule has 0 bridgehead atoms. The first-order valence-corrected chi connectivity index (χ1v) is 28.0. The van der Waals surface area contributed by atoms with Crippen molar-refractivity contribution in [1.29, 1.82) is 0 Å². The van der Waals surface area contributed by atoms with Crippen LogP contribution in [0.5, 0.6) is 0 Å². The van der Waals surface area contributed by atoms with Crippen LogP contribution in [0.25, 0.3) is 51.5 Å². The second kappa shape index (κ2) is 15.5. The highest BCUT2D eigenvalue weighted by Crippen LogP contribution is 2.62. The first-order valence-electron chi connectivity index (χ1n) is 26.3. The van der Waals surface area contributed by atoms with Gasteiger partial charge >= 0.3 is 0 Å². The fourth-order valence-electron chi connectivity index (χ4n) is 14.0. The van der Waals surface area contributed by atoms with Gasteiger partial charge in [0.1, 0.15) is 0 Å². The summed E-state index contributed by atoms with van der Waals surface area (Å²) < 4.78 is 5.27. The van der Waals surface area contributed by atoms with Crippen LogP contribution in [0, 0.1) is 6.92 Å². The maximum absolute atomic E-state index is 2.79. The second-order valence-corrected chi connectivity index (χ2v) is 25.0. The summed E-state index contributed by atoms with van der Waals surface area (Å²) in [6.45, 7) is 14.5. The smallest absolute Gasteiger partial charge is 0.252 e. The number of hydrogen-bond donors (Lipinski definition) is 0. The molecule has 15 rings (SSSR count). The third kappa shape index (κ3) is 6.11. The van der Waals surface area contributed by atoms with Gasteiger partial charge in [-0.15, -0.1) is 22.7 Å². The lowest BCUT2D eigenvalue weighted by molar-refractivity contribution is 0.195. The number of anilines is 8. The van der Waals surface area contributed by atoms with E-state index >= 15 is 0 Å². The van der Waals surface area contributed by atoms with Crippen LogP contribution in [0.15, 0.2) is 182 Å². The Hall–Kier alpha value is -7.12. The molecule has 73 heavy (non-hydrogen) atoms. The highest BCUT2D eigenvalue weighted by molar-refractivity contribution is 7.26. The summed E-state index contributed by atoms with van der Waals surface area (Å²) >= 11 is 3.81. The summed E-state index contributed by atoms with van der Waals surface area (Å²) in [4.78, 5) is 8.07. The molecule has 1 saturated carbocycles. The molecular weight excluding hydrogens is 922 g/mol. The van der Waals surface area contributed by atoms with E-state index < -0.39 is 0 Å². The van der Waals surface area contributed by atoms with E-state index in [0.717, 1.165) is 6.42 Å². The molecule has 4 aliphatic rings. The molecule has 0 amide bonds. The molecule has 1 fully saturated rings. The molecule has 11 aromatic rings. The van der Waals surface area contributed by atoms with Crippen LogP contribution in [-0.2, 0) is 10.8 Å². The van der Waals surface area contributed by atoms with Gasteiger partial charge in [0.2, 0.25) is 0 Å². The van der Waals surface area contributed by atoms with E-state index in [1.165, 1.54) is 149 Å². The minimum atomic E-state index is -0.0916. The predicted molar refractivity (Wildman–Crippen MR) is 318 cm³/mol. The molecule has 3 nitrogen and oxygen atoms in total. The van der Waals surface area contributed by atoms with Crippen molar-refractivity contribution in [3.8, 4) is 11.1 Å². The number of nitrogens with zero attached hydrogens (tertiary/aromatic N) is 3. The Balaban J connectivity index is 1.02. The second-order valence-electron chi connectivity index (χ2n) is 22.9. The minimum absolute atomic E-state index is 0.00923. The fraction of sp³-hybridized carbons (Fsp3) is 0.194. The number of thiophene rings is 2. The lowest BCUT2D eigenvalue weighted by atomic mass is 9.33. The topological polar surface area (TPSA) is 9.72 Å². The first-order chi connectivity index (χ1) is 35.5. The molecule has 354 valence electrons. The number of fused-ring (bicyclic) bond motifs is 13. The van der Waals surface area contributed by atoms with Gasteiger partial charge in [0.05, 0.1) is 15.9 Å². The van der Waals surface area contributed by atoms with Crippen molar-refractivity contribution < 1.29 is 0 Å². The lowest BCUT2D eigenvalue weighted by Crippen LogP contribution is -2.61. The van der Waals surface area contributed by atoms with E-state index in [2.05, 4.69) is 238 Å². The van der Waals surface area contributed by atoms with E-state index in [1.807, 2.05) is 22.7 Å². The molecule has 0 spiro atoms. The molecule has 6 heteroatoms. The van der Waals surface area contributed by atoms with Crippen molar-refractivity contribution in [2.45, 2.75) is 83.6 Å². The van der Waals surface area contributed by atoms with Gasteiger partial charge in [0.15, 0.2) is 0 Å². The summed E-state index contributed by atoms with van der Waals surface area (Å²) in [7, 11) is 0. The number of hydrogen-bond acceptors (Lipinski definition) is 5. The maximum atomic E-state index is 2.79. The van der Waals surface area contributed by atoms with Gasteiger partial charge in [-0.1, -0.05) is 150 Å². The van der Waals surface area contributed by atoms with Crippen LogP contribution in [0.4, 0.5) is 45.5 Å². The van der Waals surface area contributed by atoms with Gasteiger partial charge in [-0.3, -0.25) is 0 Å². The molecule has 9 aromatic carbocycles. The van der Waals surface area contributed by atoms with Crippen LogP contribution < -0.4 is 31.1 Å². The summed E-state index contributed by atoms with van der Waals surface area (Å²) in [6.07, 6.45) is 4.84. The van der Waals surface area contributed by atoms with Crippen LogP contribution in [0.1, 0.15) is 77.0 Å². The van der Waals surface area contributed by atoms with Crippen molar-refractivity contribution >= 4 is 132 Å². The summed E-state index contributed by atoms with van der Waals surface area (Å²) in [5, 5.41) is 5.25. The van der Waals surface area contributed by atoms with E-state index in [-0.39, 0.29) is 23.1 Å². The lowest BCUT2D eigenvalue weighted by Gasteiger charge is -2.50. The zero-order valence-electron chi connectivity index (χ0n) is 42.4. The maximum Gasteiger partial charge on any atom is 0.252 e. The average molecular weight is 978 g/mol. The van der Waals surface area contributed by atoms with Gasteiger partial charge in [-0.05, 0) is 149 Å². The van der Waals surface area contributed by atoms with E-state index in [0.29, 0.717) is 0 Å². The normalized spacial score (nSPS) is 18.9. The molecule has 0 N–H and O–H groups in total. The third-order valence-corrected chi connectivity index (χ3v) is 20.1. The van der Waals surface area contributed by atoms with Gasteiger partial charge in [0.25, 0.3) is 6.71 Å². The van der Waals surface area contributed by atoms with E-state index in [9.17, 15) is 0 Å². The highest BCUT2D eigenvalue weighted by Gasteiger charge is 2.58. The van der Waals surface area contributed by atoms with Crippen LogP contribution in [0.3, 0.4) is 0 Å². The average Bonchev–Trinajstić information content (AvgIpc) is 4.04. The Bertz CT molecular complexity index is 4120. The van der Waals surface area contributed by atoms with Crippen molar-refractivity contribution in [2.75, 3.05) is 14.7 Å². The van der Waals surface area contributed by atoms with E-state index in [4.69, 9.17) is 0 Å². The van der Waals surface area contributed by atoms with Gasteiger partial charge in [-0.2, -0.15) is 0 Å². The summed E-state index contributed by atoms with van der Waals surface area (Å²) in [6, 6.07) is 70.3. The Morgan fingerprint density at radius 1 is 0.479 bits per heavy atom. The molecule has 0 radical (unpaired) electrons. The SMILES string of the molecule is Cc1cc2c3c(c1)N(c1cccc4c1sc1ccccc14)c1cc(N4c5ccc(C(C)(C)C)cc5C5(C)CCCCC45C)ccc1B3c1ccc(-c3ccccc3)cc1N2c1ccc2sc3ccccc3c2c1. The molecular formula is C67H56BN3S2. The summed E-state index contributed by atoms with van der Waals surface area (Å²) in [5.74, 6) is 0. The van der Waals surface area contributed by atoms with Gasteiger partial charge < -0.3 is 14.7 Å². The minimum Gasteiger partial charge on any atom is -0.334 e. The number of aryl methyl sites for hydroxylation is 1. The van der Waals surface area contributed by atoms with Crippen LogP contribution >= 0.6 is 22.7 Å². The number of rotatable bonds is 4. The standard InChI is InChI=1S/C67H56BN3S2/c1-41-35-58-63-59(36-41)70(55-22-16-21-49-47-19-10-13-24-61(47)73-64(49)55)57-40-46(71-54-31-26-44(65(2,3)4)38-51(54)66(5)33-14-15-34-67(66,71)6)27-30-53(57)68(63)52-29-25-43(42-17-8-7-9-18-42)37-56(52)69(58)45-28-32-62-50(39-45)48-20-11-12-23-60(48)72-62/h7-13,16-32,35-40H,14-15,33-34H2,1-6H3. The van der Waals surface area contributed by atoms with Crippen molar-refractivity contribution in [3.63, 3.8) is 0 Å². The van der Waals surface area contributed by atoms with Gasteiger partial charge in [-0.25, -0.2) is 0 Å². The molecule has 1 aliphatic carbocycles. The number of benzene rings is 9. The zero-order chi connectivity index (χ0) is 49.1. The van der Waals surface area contributed by atoms with Crippen LogP contribution in [0.2, 0.25) is 0 Å². The first kappa shape index (κ1) is 43.5. The van der Waals surface area contributed by atoms with Gasteiger partial charge in [0, 0.05) is 80.9 Å². The Morgan fingerprint density at radius 2 is 1.14 bits per heavy atom.